The van der Waals surface area contributed by atoms with Crippen molar-refractivity contribution < 1.29 is 13.9 Å². The Kier molecular flexibility index (Phi) is 6.01. The van der Waals surface area contributed by atoms with Crippen LogP contribution in [0.25, 0.3) is 0 Å². The molecule has 1 aliphatic rings. The van der Waals surface area contributed by atoms with Gasteiger partial charge in [-0.1, -0.05) is 35.9 Å². The molecule has 138 valence electrons. The van der Waals surface area contributed by atoms with E-state index in [4.69, 9.17) is 4.74 Å². The molecule has 5 heteroatoms. The van der Waals surface area contributed by atoms with Crippen LogP contribution in [0.1, 0.15) is 33.1 Å². The molecule has 1 heterocycles. The fourth-order valence-electron chi connectivity index (χ4n) is 3.05. The van der Waals surface area contributed by atoms with Crippen LogP contribution in [0.5, 0.6) is 0 Å². The molecule has 4 nitrogen and oxygen atoms in total. The molecule has 1 aliphatic heterocycles. The van der Waals surface area contributed by atoms with Crippen LogP contribution in [-0.2, 0) is 4.74 Å². The summed E-state index contributed by atoms with van der Waals surface area (Å²) in [4.78, 5) is 15.0. The molecule has 2 aromatic carbocycles. The molecule has 1 N–H and O–H groups in total. The number of hydrogen-bond donors (Lipinski definition) is 1. The lowest BCUT2D eigenvalue weighted by Crippen LogP contribution is -2.43. The zero-order chi connectivity index (χ0) is 18.5. The normalized spacial score (nSPS) is 16.3. The summed E-state index contributed by atoms with van der Waals surface area (Å²) < 4.78 is 19.2. The molecule has 1 fully saturated rings. The standard InChI is InChI=1S/C21H25FN2O2/c1-15-3-6-17(7-4-15)20(14-24-9-11-26-12-10-24)23-21(25)18-8-5-16(2)19(22)13-18/h3-8,13,20H,9-12,14H2,1-2H3,(H,23,25)/t20-/m1/s1. The number of nitrogens with one attached hydrogen (secondary N) is 1. The number of nitrogens with zero attached hydrogens (tertiary/aromatic N) is 1. The van der Waals surface area contributed by atoms with Crippen LogP contribution in [0.4, 0.5) is 4.39 Å². The zero-order valence-electron chi connectivity index (χ0n) is 15.3. The summed E-state index contributed by atoms with van der Waals surface area (Å²) >= 11 is 0. The first-order chi connectivity index (χ1) is 12.5. The first-order valence-electron chi connectivity index (χ1n) is 8.96. The Bertz CT molecular complexity index is 755. The molecule has 0 aliphatic carbocycles. The average Bonchev–Trinajstić information content (AvgIpc) is 2.65. The van der Waals surface area contributed by atoms with E-state index < -0.39 is 0 Å². The van der Waals surface area contributed by atoms with Gasteiger partial charge in [-0.25, -0.2) is 4.39 Å². The Morgan fingerprint density at radius 1 is 1.15 bits per heavy atom. The second-order valence-electron chi connectivity index (χ2n) is 6.81. The monoisotopic (exact) mass is 356 g/mol. The fraction of sp³-hybridized carbons (Fsp3) is 0.381. The van der Waals surface area contributed by atoms with E-state index in [1.807, 2.05) is 31.2 Å². The number of aryl methyl sites for hydroxylation is 2. The molecule has 0 unspecified atom stereocenters. The van der Waals surface area contributed by atoms with Gasteiger partial charge in [0.05, 0.1) is 19.3 Å². The highest BCUT2D eigenvalue weighted by molar-refractivity contribution is 5.94. The predicted molar refractivity (Wildman–Crippen MR) is 99.8 cm³/mol. The number of rotatable bonds is 5. The van der Waals surface area contributed by atoms with Gasteiger partial charge in [-0.2, -0.15) is 0 Å². The minimum atomic E-state index is -0.363. The number of halogens is 1. The van der Waals surface area contributed by atoms with Gasteiger partial charge in [-0.3, -0.25) is 9.69 Å². The average molecular weight is 356 g/mol. The van der Waals surface area contributed by atoms with E-state index in [0.717, 1.165) is 18.7 Å². The molecule has 2 aromatic rings. The summed E-state index contributed by atoms with van der Waals surface area (Å²) in [6, 6.07) is 12.6. The maximum Gasteiger partial charge on any atom is 0.251 e. The summed E-state index contributed by atoms with van der Waals surface area (Å²) in [6.45, 7) is 7.52. The van der Waals surface area contributed by atoms with Crippen molar-refractivity contribution in [1.82, 2.24) is 10.2 Å². The van der Waals surface area contributed by atoms with Crippen molar-refractivity contribution in [1.29, 1.82) is 0 Å². The van der Waals surface area contributed by atoms with Crippen LogP contribution in [0.15, 0.2) is 42.5 Å². The first kappa shape index (κ1) is 18.5. The smallest absolute Gasteiger partial charge is 0.251 e. The minimum Gasteiger partial charge on any atom is -0.379 e. The van der Waals surface area contributed by atoms with Crippen LogP contribution >= 0.6 is 0 Å². The van der Waals surface area contributed by atoms with Crippen LogP contribution in [0.3, 0.4) is 0 Å². The molecule has 1 atom stereocenters. The summed E-state index contributed by atoms with van der Waals surface area (Å²) in [7, 11) is 0. The number of ether oxygens (including phenoxy) is 1. The van der Waals surface area contributed by atoms with Crippen molar-refractivity contribution in [3.8, 4) is 0 Å². The maximum atomic E-state index is 13.8. The van der Waals surface area contributed by atoms with Crippen LogP contribution in [0, 0.1) is 19.7 Å². The molecular formula is C21H25FN2O2. The number of benzene rings is 2. The van der Waals surface area contributed by atoms with Crippen molar-refractivity contribution in [2.24, 2.45) is 0 Å². The molecular weight excluding hydrogens is 331 g/mol. The van der Waals surface area contributed by atoms with E-state index in [2.05, 4.69) is 10.2 Å². The van der Waals surface area contributed by atoms with Gasteiger partial charge in [0.25, 0.3) is 5.91 Å². The van der Waals surface area contributed by atoms with Gasteiger partial charge in [0.15, 0.2) is 0 Å². The number of carbonyl (C=O) groups excluding carboxylic acids is 1. The molecule has 0 radical (unpaired) electrons. The molecule has 0 saturated carbocycles. The highest BCUT2D eigenvalue weighted by Gasteiger charge is 2.21. The van der Waals surface area contributed by atoms with Gasteiger partial charge in [0, 0.05) is 25.2 Å². The zero-order valence-corrected chi connectivity index (χ0v) is 15.3. The van der Waals surface area contributed by atoms with Crippen molar-refractivity contribution >= 4 is 5.91 Å². The second kappa shape index (κ2) is 8.43. The topological polar surface area (TPSA) is 41.6 Å². The highest BCUT2D eigenvalue weighted by atomic mass is 19.1. The van der Waals surface area contributed by atoms with E-state index >= 15 is 0 Å². The van der Waals surface area contributed by atoms with Crippen molar-refractivity contribution in [2.75, 3.05) is 32.8 Å². The maximum absolute atomic E-state index is 13.8. The summed E-state index contributed by atoms with van der Waals surface area (Å²) in [6.07, 6.45) is 0. The second-order valence-corrected chi connectivity index (χ2v) is 6.81. The highest BCUT2D eigenvalue weighted by Crippen LogP contribution is 2.18. The summed E-state index contributed by atoms with van der Waals surface area (Å²) in [5.74, 6) is -0.625. The molecule has 0 aromatic heterocycles. The predicted octanol–water partition coefficient (Wildman–Crippen LogP) is 3.25. The first-order valence-corrected chi connectivity index (χ1v) is 8.96. The Morgan fingerprint density at radius 2 is 1.85 bits per heavy atom. The van der Waals surface area contributed by atoms with Crippen molar-refractivity contribution in [3.05, 3.63) is 70.5 Å². The molecule has 1 saturated heterocycles. The van der Waals surface area contributed by atoms with Crippen LogP contribution in [0.2, 0.25) is 0 Å². The van der Waals surface area contributed by atoms with E-state index in [-0.39, 0.29) is 17.8 Å². The van der Waals surface area contributed by atoms with Gasteiger partial charge in [-0.05, 0) is 37.1 Å². The van der Waals surface area contributed by atoms with E-state index in [0.29, 0.717) is 30.9 Å². The number of amides is 1. The lowest BCUT2D eigenvalue weighted by Gasteiger charge is -2.31. The van der Waals surface area contributed by atoms with Gasteiger partial charge < -0.3 is 10.1 Å². The van der Waals surface area contributed by atoms with E-state index in [9.17, 15) is 9.18 Å². The Labute approximate surface area is 154 Å². The van der Waals surface area contributed by atoms with Crippen LogP contribution < -0.4 is 5.32 Å². The molecule has 3 rings (SSSR count). The Balaban J connectivity index is 1.78. The van der Waals surface area contributed by atoms with Gasteiger partial charge in [0.1, 0.15) is 5.82 Å². The number of morpholine rings is 1. The third-order valence-electron chi connectivity index (χ3n) is 4.76. The largest absolute Gasteiger partial charge is 0.379 e. The van der Waals surface area contributed by atoms with Gasteiger partial charge in [-0.15, -0.1) is 0 Å². The molecule has 0 spiro atoms. The number of hydrogen-bond acceptors (Lipinski definition) is 3. The third-order valence-corrected chi connectivity index (χ3v) is 4.76. The van der Waals surface area contributed by atoms with Gasteiger partial charge in [0.2, 0.25) is 0 Å². The fourth-order valence-corrected chi connectivity index (χ4v) is 3.05. The van der Waals surface area contributed by atoms with Crippen molar-refractivity contribution in [3.63, 3.8) is 0 Å². The number of carbonyl (C=O) groups is 1. The summed E-state index contributed by atoms with van der Waals surface area (Å²) in [5.41, 5.74) is 3.09. The lowest BCUT2D eigenvalue weighted by atomic mass is 10.0. The Hall–Kier alpha value is -2.24. The Morgan fingerprint density at radius 3 is 2.50 bits per heavy atom. The summed E-state index contributed by atoms with van der Waals surface area (Å²) in [5, 5.41) is 3.07. The molecule has 1 amide bonds. The van der Waals surface area contributed by atoms with Crippen LogP contribution in [-0.4, -0.2) is 43.7 Å². The minimum absolute atomic E-state index is 0.162. The quantitative estimate of drug-likeness (QED) is 0.894. The van der Waals surface area contributed by atoms with E-state index in [1.165, 1.54) is 11.6 Å². The van der Waals surface area contributed by atoms with E-state index in [1.54, 1.807) is 19.1 Å². The molecule has 26 heavy (non-hydrogen) atoms. The lowest BCUT2D eigenvalue weighted by molar-refractivity contribution is 0.0332. The molecule has 0 bridgehead atoms. The SMILES string of the molecule is Cc1ccc([C@@H](CN2CCOCC2)NC(=O)c2ccc(C)c(F)c2)cc1. The van der Waals surface area contributed by atoms with Crippen molar-refractivity contribution in [2.45, 2.75) is 19.9 Å². The van der Waals surface area contributed by atoms with Gasteiger partial charge >= 0.3 is 0 Å². The third kappa shape index (κ3) is 4.68.